The first-order valence-electron chi connectivity index (χ1n) is 11.0. The minimum Gasteiger partial charge on any atom is -0.504 e. The van der Waals surface area contributed by atoms with Gasteiger partial charge in [0.15, 0.2) is 23.0 Å². The fraction of sp³-hybridized carbons (Fsp3) is 0.333. The molecular weight excluding hydrogens is 511 g/mol. The highest BCUT2D eigenvalue weighted by Crippen LogP contribution is 2.34. The van der Waals surface area contributed by atoms with Crippen molar-refractivity contribution in [2.75, 3.05) is 40.6 Å². The number of rotatable bonds is 8. The molecule has 0 bridgehead atoms. The Morgan fingerprint density at radius 2 is 1.44 bits per heavy atom. The van der Waals surface area contributed by atoms with E-state index in [9.17, 15) is 5.11 Å². The molecule has 3 heterocycles. The lowest BCUT2D eigenvalue weighted by atomic mass is 10.2. The third-order valence-corrected chi connectivity index (χ3v) is 5.87. The number of hydrogen-bond acceptors (Lipinski definition) is 10. The quantitative estimate of drug-likeness (QED) is 0.256. The number of benzene rings is 2. The highest BCUT2D eigenvalue weighted by atomic mass is 35.5. The molecule has 1 aliphatic heterocycles. The number of hydrogen-bond donors (Lipinski definition) is 1. The minimum absolute atomic E-state index is 0.0368. The van der Waals surface area contributed by atoms with E-state index in [1.807, 2.05) is 6.07 Å². The van der Waals surface area contributed by atoms with Crippen molar-refractivity contribution in [2.24, 2.45) is 0 Å². The molecule has 0 spiro atoms. The van der Waals surface area contributed by atoms with Crippen LogP contribution in [0, 0.1) is 0 Å². The van der Waals surface area contributed by atoms with Gasteiger partial charge in [0.1, 0.15) is 29.1 Å². The van der Waals surface area contributed by atoms with E-state index in [0.29, 0.717) is 64.9 Å². The summed E-state index contributed by atoms with van der Waals surface area (Å²) in [7, 11) is 3.06. The molecule has 0 radical (unpaired) electrons. The summed E-state index contributed by atoms with van der Waals surface area (Å²) in [6.07, 6.45) is 3.81. The largest absolute Gasteiger partial charge is 0.504 e. The lowest BCUT2D eigenvalue weighted by Gasteiger charge is -2.25. The molecule has 1 fully saturated rings. The fourth-order valence-electron chi connectivity index (χ4n) is 3.31. The topological polar surface area (TPSA) is 118 Å². The standard InChI is InChI=1S/C15H17ClN2O4.C9H7ClN2O2/c1-19-13-5-11-12(17-9-18-15(11)16)6-14(13)22-4-2-3-21-10-7-20-8-10;1-14-8-2-5-6(3-7(8)13)11-4-12-9(5)10/h5-6,9-10H,2-4,7-8H2,1H3;2-4,13H,1H3. The molecule has 0 saturated carbocycles. The molecule has 1 saturated heterocycles. The molecule has 0 aliphatic carbocycles. The van der Waals surface area contributed by atoms with Crippen LogP contribution in [-0.4, -0.2) is 71.8 Å². The monoisotopic (exact) mass is 534 g/mol. The normalized spacial score (nSPS) is 13.1. The highest BCUT2D eigenvalue weighted by Gasteiger charge is 2.18. The SMILES string of the molecule is COc1cc2c(Cl)ncnc2cc1O.COc1cc2c(Cl)ncnc2cc1OCCCOC1COC1. The third-order valence-electron chi connectivity index (χ3n) is 5.27. The third kappa shape index (κ3) is 6.14. The first-order valence-corrected chi connectivity index (χ1v) is 11.7. The average molecular weight is 535 g/mol. The van der Waals surface area contributed by atoms with Gasteiger partial charge in [0, 0.05) is 29.3 Å². The second kappa shape index (κ2) is 12.2. The highest BCUT2D eigenvalue weighted by molar-refractivity contribution is 6.34. The molecule has 12 heteroatoms. The number of fused-ring (bicyclic) bond motifs is 2. The smallest absolute Gasteiger partial charge is 0.163 e. The van der Waals surface area contributed by atoms with Gasteiger partial charge in [-0.1, -0.05) is 23.2 Å². The van der Waals surface area contributed by atoms with Crippen molar-refractivity contribution in [3.8, 4) is 23.0 Å². The van der Waals surface area contributed by atoms with Crippen molar-refractivity contribution in [2.45, 2.75) is 12.5 Å². The zero-order chi connectivity index (χ0) is 25.5. The molecule has 4 aromatic rings. The molecule has 190 valence electrons. The van der Waals surface area contributed by atoms with Crippen LogP contribution in [0.5, 0.6) is 23.0 Å². The number of phenols is 1. The summed E-state index contributed by atoms with van der Waals surface area (Å²) in [5.41, 5.74) is 1.31. The van der Waals surface area contributed by atoms with Crippen molar-refractivity contribution in [1.82, 2.24) is 19.9 Å². The van der Waals surface area contributed by atoms with Crippen molar-refractivity contribution in [3.63, 3.8) is 0 Å². The fourth-order valence-corrected chi connectivity index (χ4v) is 3.70. The molecule has 36 heavy (non-hydrogen) atoms. The van der Waals surface area contributed by atoms with Crippen molar-refractivity contribution in [1.29, 1.82) is 0 Å². The Balaban J connectivity index is 0.000000187. The number of aromatic nitrogens is 4. The van der Waals surface area contributed by atoms with Gasteiger partial charge in [-0.2, -0.15) is 0 Å². The predicted molar refractivity (Wildman–Crippen MR) is 135 cm³/mol. The summed E-state index contributed by atoms with van der Waals surface area (Å²) in [5, 5.41) is 11.6. The maximum Gasteiger partial charge on any atom is 0.163 e. The van der Waals surface area contributed by atoms with Gasteiger partial charge in [-0.25, -0.2) is 19.9 Å². The van der Waals surface area contributed by atoms with E-state index in [4.69, 9.17) is 46.9 Å². The van der Waals surface area contributed by atoms with Crippen LogP contribution in [0.3, 0.4) is 0 Å². The molecule has 2 aromatic carbocycles. The summed E-state index contributed by atoms with van der Waals surface area (Å²) >= 11 is 11.9. The number of nitrogens with zero attached hydrogens (tertiary/aromatic N) is 4. The van der Waals surface area contributed by atoms with Crippen LogP contribution in [0.15, 0.2) is 36.9 Å². The number of ether oxygens (including phenoxy) is 5. The second-order valence-electron chi connectivity index (χ2n) is 7.62. The first-order chi connectivity index (χ1) is 17.5. The summed E-state index contributed by atoms with van der Waals surface area (Å²) in [6.45, 7) is 2.58. The second-order valence-corrected chi connectivity index (χ2v) is 8.34. The van der Waals surface area contributed by atoms with E-state index >= 15 is 0 Å². The van der Waals surface area contributed by atoms with Gasteiger partial charge >= 0.3 is 0 Å². The van der Waals surface area contributed by atoms with Gasteiger partial charge in [0.25, 0.3) is 0 Å². The molecule has 1 N–H and O–H groups in total. The molecule has 0 unspecified atom stereocenters. The molecular formula is C24H24Cl2N4O6. The average Bonchev–Trinajstić information content (AvgIpc) is 2.85. The van der Waals surface area contributed by atoms with Crippen LogP contribution in [0.2, 0.25) is 10.3 Å². The predicted octanol–water partition coefficient (Wildman–Crippen LogP) is 4.47. The number of aromatic hydroxyl groups is 1. The van der Waals surface area contributed by atoms with Gasteiger partial charge in [-0.3, -0.25) is 0 Å². The van der Waals surface area contributed by atoms with Gasteiger partial charge in [-0.15, -0.1) is 0 Å². The van der Waals surface area contributed by atoms with Crippen LogP contribution in [0.4, 0.5) is 0 Å². The van der Waals surface area contributed by atoms with Crippen LogP contribution < -0.4 is 14.2 Å². The minimum atomic E-state index is 0.0368. The Morgan fingerprint density at radius 3 is 2.03 bits per heavy atom. The molecule has 5 rings (SSSR count). The van der Waals surface area contributed by atoms with Crippen molar-refractivity contribution in [3.05, 3.63) is 47.2 Å². The van der Waals surface area contributed by atoms with Gasteiger partial charge in [0.05, 0.1) is 51.7 Å². The Kier molecular flexibility index (Phi) is 8.76. The van der Waals surface area contributed by atoms with E-state index < -0.39 is 0 Å². The zero-order valence-corrected chi connectivity index (χ0v) is 21.1. The van der Waals surface area contributed by atoms with Crippen LogP contribution in [-0.2, 0) is 9.47 Å². The molecule has 2 aromatic heterocycles. The van der Waals surface area contributed by atoms with Crippen molar-refractivity contribution < 1.29 is 28.8 Å². The number of methoxy groups -OCH3 is 2. The number of phenolic OH excluding ortho intramolecular Hbond substituents is 1. The van der Waals surface area contributed by atoms with Crippen LogP contribution in [0.1, 0.15) is 6.42 Å². The lowest BCUT2D eigenvalue weighted by molar-refractivity contribution is -0.130. The summed E-state index contributed by atoms with van der Waals surface area (Å²) < 4.78 is 26.7. The van der Waals surface area contributed by atoms with Crippen LogP contribution in [0.25, 0.3) is 21.8 Å². The van der Waals surface area contributed by atoms with Gasteiger partial charge in [-0.05, 0) is 12.1 Å². The van der Waals surface area contributed by atoms with Crippen molar-refractivity contribution >= 4 is 45.0 Å². The summed E-state index contributed by atoms with van der Waals surface area (Å²) in [6, 6.07) is 6.69. The maximum absolute atomic E-state index is 9.47. The summed E-state index contributed by atoms with van der Waals surface area (Å²) in [4.78, 5) is 16.0. The van der Waals surface area contributed by atoms with E-state index in [1.165, 1.54) is 25.8 Å². The summed E-state index contributed by atoms with van der Waals surface area (Å²) in [5.74, 6) is 1.64. The Labute approximate surface area is 217 Å². The van der Waals surface area contributed by atoms with E-state index in [-0.39, 0.29) is 11.9 Å². The van der Waals surface area contributed by atoms with Gasteiger partial charge < -0.3 is 28.8 Å². The first kappa shape index (κ1) is 25.9. The van der Waals surface area contributed by atoms with E-state index in [0.717, 1.165) is 17.3 Å². The molecule has 0 amide bonds. The zero-order valence-electron chi connectivity index (χ0n) is 19.6. The van der Waals surface area contributed by atoms with E-state index in [2.05, 4.69) is 19.9 Å². The Hall–Kier alpha value is -3.18. The van der Waals surface area contributed by atoms with E-state index in [1.54, 1.807) is 19.2 Å². The van der Waals surface area contributed by atoms with Gasteiger partial charge in [0.2, 0.25) is 0 Å². The van der Waals surface area contributed by atoms with Crippen LogP contribution >= 0.6 is 23.2 Å². The maximum atomic E-state index is 9.47. The Bertz CT molecular complexity index is 1340. The lowest BCUT2D eigenvalue weighted by Crippen LogP contribution is -2.36. The molecule has 0 atom stereocenters. The molecule has 1 aliphatic rings. The Morgan fingerprint density at radius 1 is 0.833 bits per heavy atom. The molecule has 10 nitrogen and oxygen atoms in total. The number of halogens is 2.